The molecule has 0 atom stereocenters. The Morgan fingerprint density at radius 1 is 1.24 bits per heavy atom. The number of hydrogen-bond donors (Lipinski definition) is 1. The van der Waals surface area contributed by atoms with Crippen LogP contribution in [0.3, 0.4) is 0 Å². The molecule has 1 aliphatic carbocycles. The zero-order valence-electron chi connectivity index (χ0n) is 11.7. The Balaban J connectivity index is 1.60. The van der Waals surface area contributed by atoms with E-state index in [2.05, 4.69) is 16.4 Å². The number of rotatable bonds is 3. The van der Waals surface area contributed by atoms with Crippen molar-refractivity contribution in [2.24, 2.45) is 0 Å². The molecule has 106 valence electrons. The first-order valence-electron chi connectivity index (χ1n) is 7.42. The number of amides is 1. The van der Waals surface area contributed by atoms with E-state index >= 15 is 0 Å². The predicted molar refractivity (Wildman–Crippen MR) is 82.7 cm³/mol. The molecule has 1 aromatic heterocycles. The molecule has 0 radical (unpaired) electrons. The molecule has 4 nitrogen and oxygen atoms in total. The predicted octanol–water partition coefficient (Wildman–Crippen LogP) is 2.86. The van der Waals surface area contributed by atoms with Crippen molar-refractivity contribution in [2.45, 2.75) is 25.3 Å². The first-order chi connectivity index (χ1) is 10.3. The molecule has 2 heterocycles. The van der Waals surface area contributed by atoms with Gasteiger partial charge in [0.15, 0.2) is 0 Å². The number of carbonyl (C=O) groups excluding carboxylic acids is 1. The fourth-order valence-electron chi connectivity index (χ4n) is 2.80. The molecule has 2 aliphatic rings. The van der Waals surface area contributed by atoms with Gasteiger partial charge in [-0.05, 0) is 37.0 Å². The summed E-state index contributed by atoms with van der Waals surface area (Å²) in [7, 11) is 0. The first-order valence-corrected chi connectivity index (χ1v) is 7.42. The number of anilines is 2. The van der Waals surface area contributed by atoms with E-state index < -0.39 is 0 Å². The summed E-state index contributed by atoms with van der Waals surface area (Å²) in [6.07, 6.45) is 6.78. The summed E-state index contributed by atoms with van der Waals surface area (Å²) in [5.74, 6) is 0.0342. The smallest absolute Gasteiger partial charge is 0.259 e. The van der Waals surface area contributed by atoms with E-state index in [9.17, 15) is 4.79 Å². The van der Waals surface area contributed by atoms with Crippen LogP contribution in [0.5, 0.6) is 0 Å². The molecule has 21 heavy (non-hydrogen) atoms. The molecule has 4 heteroatoms. The minimum atomic E-state index is 0.0342. The highest BCUT2D eigenvalue weighted by Gasteiger charge is 2.26. The van der Waals surface area contributed by atoms with Crippen LogP contribution >= 0.6 is 0 Å². The Morgan fingerprint density at radius 2 is 2.10 bits per heavy atom. The van der Waals surface area contributed by atoms with Gasteiger partial charge >= 0.3 is 0 Å². The Kier molecular flexibility index (Phi) is 2.88. The lowest BCUT2D eigenvalue weighted by Gasteiger charge is -2.17. The fourth-order valence-corrected chi connectivity index (χ4v) is 2.80. The van der Waals surface area contributed by atoms with Gasteiger partial charge in [-0.2, -0.15) is 0 Å². The van der Waals surface area contributed by atoms with Crippen LogP contribution < -0.4 is 10.2 Å². The molecule has 0 saturated heterocycles. The molecular formula is C17H17N3O. The molecule has 1 saturated carbocycles. The van der Waals surface area contributed by atoms with Gasteiger partial charge in [0, 0.05) is 30.7 Å². The van der Waals surface area contributed by atoms with Gasteiger partial charge in [0.25, 0.3) is 5.91 Å². The fraction of sp³-hybridized carbons (Fsp3) is 0.294. The number of fused-ring (bicyclic) bond motifs is 1. The number of nitrogens with zero attached hydrogens (tertiary/aromatic N) is 2. The maximum Gasteiger partial charge on any atom is 0.259 e. The third-order valence-electron chi connectivity index (χ3n) is 4.07. The van der Waals surface area contributed by atoms with E-state index in [0.717, 1.165) is 24.3 Å². The van der Waals surface area contributed by atoms with E-state index in [1.807, 2.05) is 29.2 Å². The summed E-state index contributed by atoms with van der Waals surface area (Å²) in [5, 5.41) is 3.39. The van der Waals surface area contributed by atoms with Crippen LogP contribution in [-0.4, -0.2) is 23.5 Å². The van der Waals surface area contributed by atoms with Gasteiger partial charge in [-0.3, -0.25) is 9.78 Å². The molecule has 0 bridgehead atoms. The summed E-state index contributed by atoms with van der Waals surface area (Å²) in [5.41, 5.74) is 3.86. The Morgan fingerprint density at radius 3 is 2.95 bits per heavy atom. The second-order valence-electron chi connectivity index (χ2n) is 5.72. The summed E-state index contributed by atoms with van der Waals surface area (Å²) in [6, 6.07) is 10.6. The largest absolute Gasteiger partial charge is 0.381 e. The van der Waals surface area contributed by atoms with Crippen LogP contribution in [-0.2, 0) is 6.42 Å². The number of hydrogen-bond acceptors (Lipinski definition) is 3. The highest BCUT2D eigenvalue weighted by Crippen LogP contribution is 2.29. The SMILES string of the molecule is O=C(c1cncc(NC2CC2)c1)N1CCc2ccccc21. The van der Waals surface area contributed by atoms with Crippen molar-refractivity contribution in [3.63, 3.8) is 0 Å². The third-order valence-corrected chi connectivity index (χ3v) is 4.07. The van der Waals surface area contributed by atoms with Crippen LogP contribution in [0.25, 0.3) is 0 Å². The Hall–Kier alpha value is -2.36. The number of carbonyl (C=O) groups is 1. The number of aromatic nitrogens is 1. The zero-order valence-corrected chi connectivity index (χ0v) is 11.7. The molecule has 2 aromatic rings. The lowest BCUT2D eigenvalue weighted by Crippen LogP contribution is -2.29. The summed E-state index contributed by atoms with van der Waals surface area (Å²) < 4.78 is 0. The number of para-hydroxylation sites is 1. The molecule has 0 unspecified atom stereocenters. The van der Waals surface area contributed by atoms with Crippen molar-refractivity contribution in [1.29, 1.82) is 0 Å². The molecule has 1 amide bonds. The standard InChI is InChI=1S/C17H17N3O/c21-17(20-8-7-12-3-1-2-4-16(12)20)13-9-15(11-18-10-13)19-14-5-6-14/h1-4,9-11,14,19H,5-8H2. The number of nitrogens with one attached hydrogen (secondary N) is 1. The first kappa shape index (κ1) is 12.4. The van der Waals surface area contributed by atoms with E-state index in [0.29, 0.717) is 11.6 Å². The molecule has 4 rings (SSSR count). The quantitative estimate of drug-likeness (QED) is 0.939. The second-order valence-corrected chi connectivity index (χ2v) is 5.72. The highest BCUT2D eigenvalue weighted by molar-refractivity contribution is 6.07. The molecule has 1 aromatic carbocycles. The van der Waals surface area contributed by atoms with Gasteiger partial charge in [-0.15, -0.1) is 0 Å². The third kappa shape index (κ3) is 2.37. The maximum absolute atomic E-state index is 12.7. The van der Waals surface area contributed by atoms with Crippen molar-refractivity contribution in [3.05, 3.63) is 53.9 Å². The Labute approximate surface area is 123 Å². The van der Waals surface area contributed by atoms with Crippen molar-refractivity contribution < 1.29 is 4.79 Å². The van der Waals surface area contributed by atoms with Crippen LogP contribution in [0.15, 0.2) is 42.7 Å². The summed E-state index contributed by atoms with van der Waals surface area (Å²) in [6.45, 7) is 0.748. The molecule has 1 N–H and O–H groups in total. The maximum atomic E-state index is 12.7. The molecule has 1 aliphatic heterocycles. The van der Waals surface area contributed by atoms with Crippen LogP contribution in [0, 0.1) is 0 Å². The average molecular weight is 279 g/mol. The van der Waals surface area contributed by atoms with Crippen molar-refractivity contribution in [3.8, 4) is 0 Å². The summed E-state index contributed by atoms with van der Waals surface area (Å²) >= 11 is 0. The number of benzene rings is 1. The van der Waals surface area contributed by atoms with Gasteiger partial charge < -0.3 is 10.2 Å². The normalized spacial score (nSPS) is 16.7. The Bertz CT molecular complexity index is 694. The van der Waals surface area contributed by atoms with E-state index in [1.165, 1.54) is 18.4 Å². The van der Waals surface area contributed by atoms with Crippen LogP contribution in [0.4, 0.5) is 11.4 Å². The van der Waals surface area contributed by atoms with Crippen LogP contribution in [0.1, 0.15) is 28.8 Å². The molecule has 1 fully saturated rings. The van der Waals surface area contributed by atoms with E-state index in [4.69, 9.17) is 0 Å². The lowest BCUT2D eigenvalue weighted by atomic mass is 10.2. The summed E-state index contributed by atoms with van der Waals surface area (Å²) in [4.78, 5) is 18.8. The van der Waals surface area contributed by atoms with Crippen molar-refractivity contribution in [1.82, 2.24) is 4.98 Å². The second kappa shape index (κ2) is 4.88. The topological polar surface area (TPSA) is 45.2 Å². The van der Waals surface area contributed by atoms with Gasteiger partial charge in [-0.25, -0.2) is 0 Å². The van der Waals surface area contributed by atoms with Crippen molar-refractivity contribution in [2.75, 3.05) is 16.8 Å². The van der Waals surface area contributed by atoms with Crippen LogP contribution in [0.2, 0.25) is 0 Å². The van der Waals surface area contributed by atoms with E-state index in [1.54, 1.807) is 12.4 Å². The minimum Gasteiger partial charge on any atom is -0.381 e. The minimum absolute atomic E-state index is 0.0342. The zero-order chi connectivity index (χ0) is 14.2. The van der Waals surface area contributed by atoms with Gasteiger partial charge in [-0.1, -0.05) is 18.2 Å². The molecule has 0 spiro atoms. The lowest BCUT2D eigenvalue weighted by molar-refractivity contribution is 0.0989. The van der Waals surface area contributed by atoms with Crippen molar-refractivity contribution >= 4 is 17.3 Å². The molecular weight excluding hydrogens is 262 g/mol. The average Bonchev–Trinajstić information content (AvgIpc) is 3.23. The van der Waals surface area contributed by atoms with E-state index in [-0.39, 0.29) is 5.91 Å². The van der Waals surface area contributed by atoms with Gasteiger partial charge in [0.1, 0.15) is 0 Å². The van der Waals surface area contributed by atoms with Gasteiger partial charge in [0.05, 0.1) is 11.3 Å². The monoisotopic (exact) mass is 279 g/mol. The highest BCUT2D eigenvalue weighted by atomic mass is 16.2. The van der Waals surface area contributed by atoms with Gasteiger partial charge in [0.2, 0.25) is 0 Å². The number of pyridine rings is 1.